The van der Waals surface area contributed by atoms with E-state index >= 15 is 0 Å². The number of pyridine rings is 1. The van der Waals surface area contributed by atoms with Gasteiger partial charge in [0.2, 0.25) is 0 Å². The molecule has 1 aromatic carbocycles. The Bertz CT molecular complexity index is 987. The third-order valence-electron chi connectivity index (χ3n) is 4.64. The van der Waals surface area contributed by atoms with Gasteiger partial charge in [-0.1, -0.05) is 12.1 Å². The predicted octanol–water partition coefficient (Wildman–Crippen LogP) is 4.13. The molecule has 0 bridgehead atoms. The number of anilines is 2. The number of carbonyl (C=O) groups excluding carboxylic acids is 1. The Morgan fingerprint density at radius 3 is 2.69 bits per heavy atom. The van der Waals surface area contributed by atoms with E-state index in [9.17, 15) is 23.2 Å². The van der Waals surface area contributed by atoms with E-state index in [4.69, 9.17) is 0 Å². The van der Waals surface area contributed by atoms with Gasteiger partial charge in [0.1, 0.15) is 17.5 Å². The fourth-order valence-electron chi connectivity index (χ4n) is 3.22. The first-order chi connectivity index (χ1) is 13.6. The SMILES string of the molecule is Cc1cccc(N(C)C(=O)[C@H]2SCCN2c2nc(C)cc(C(F)(F)F)c2C#N)c1. The summed E-state index contributed by atoms with van der Waals surface area (Å²) in [5.41, 5.74) is 0.233. The van der Waals surface area contributed by atoms with Crippen LogP contribution in [0.5, 0.6) is 0 Å². The van der Waals surface area contributed by atoms with Crippen molar-refractivity contribution in [2.45, 2.75) is 25.4 Å². The molecule has 0 unspecified atom stereocenters. The van der Waals surface area contributed by atoms with Gasteiger partial charge in [-0.2, -0.15) is 18.4 Å². The van der Waals surface area contributed by atoms with Crippen LogP contribution in [-0.4, -0.2) is 35.6 Å². The molecular formula is C20H19F3N4OS. The van der Waals surface area contributed by atoms with Gasteiger partial charge in [0, 0.05) is 30.7 Å². The lowest BCUT2D eigenvalue weighted by molar-refractivity contribution is -0.137. The first-order valence-electron chi connectivity index (χ1n) is 8.85. The van der Waals surface area contributed by atoms with Crippen molar-refractivity contribution in [3.8, 4) is 6.07 Å². The van der Waals surface area contributed by atoms with Crippen molar-refractivity contribution in [3.05, 3.63) is 52.7 Å². The zero-order valence-corrected chi connectivity index (χ0v) is 16.9. The Balaban J connectivity index is 2.00. The van der Waals surface area contributed by atoms with Crippen LogP contribution in [0.1, 0.15) is 22.4 Å². The molecule has 1 fully saturated rings. The summed E-state index contributed by atoms with van der Waals surface area (Å²) in [7, 11) is 1.63. The normalized spacial score (nSPS) is 16.6. The van der Waals surface area contributed by atoms with Crippen LogP contribution in [-0.2, 0) is 11.0 Å². The number of hydrogen-bond acceptors (Lipinski definition) is 5. The van der Waals surface area contributed by atoms with Gasteiger partial charge < -0.3 is 9.80 Å². The van der Waals surface area contributed by atoms with Gasteiger partial charge in [0.05, 0.1) is 5.56 Å². The number of alkyl halides is 3. The highest BCUT2D eigenvalue weighted by molar-refractivity contribution is 8.01. The number of aryl methyl sites for hydroxylation is 2. The van der Waals surface area contributed by atoms with E-state index in [1.807, 2.05) is 25.1 Å². The summed E-state index contributed by atoms with van der Waals surface area (Å²) in [6, 6.07) is 9.90. The second-order valence-corrected chi connectivity index (χ2v) is 7.96. The minimum absolute atomic E-state index is 0.0965. The second kappa shape index (κ2) is 7.95. The Labute approximate surface area is 171 Å². The molecule has 0 radical (unpaired) electrons. The average molecular weight is 420 g/mol. The molecule has 0 aliphatic carbocycles. The molecule has 5 nitrogen and oxygen atoms in total. The number of hydrogen-bond donors (Lipinski definition) is 0. The summed E-state index contributed by atoms with van der Waals surface area (Å²) in [5.74, 6) is 0.166. The van der Waals surface area contributed by atoms with Crippen molar-refractivity contribution in [1.29, 1.82) is 5.26 Å². The molecule has 0 saturated carbocycles. The van der Waals surface area contributed by atoms with Gasteiger partial charge in [-0.15, -0.1) is 11.8 Å². The number of nitrogens with zero attached hydrogens (tertiary/aromatic N) is 4. The first kappa shape index (κ1) is 21.0. The fourth-order valence-corrected chi connectivity index (χ4v) is 4.43. The number of rotatable bonds is 3. The average Bonchev–Trinajstić information content (AvgIpc) is 3.15. The molecule has 29 heavy (non-hydrogen) atoms. The molecule has 3 rings (SSSR count). The molecule has 0 N–H and O–H groups in total. The second-order valence-electron chi connectivity index (χ2n) is 6.77. The molecular weight excluding hydrogens is 401 g/mol. The van der Waals surface area contributed by atoms with Crippen LogP contribution in [0.25, 0.3) is 0 Å². The number of nitriles is 1. The first-order valence-corrected chi connectivity index (χ1v) is 9.89. The molecule has 2 heterocycles. The highest BCUT2D eigenvalue weighted by Crippen LogP contribution is 2.39. The zero-order chi connectivity index (χ0) is 21.3. The molecule has 2 aromatic rings. The molecule has 1 aliphatic rings. The molecule has 1 aliphatic heterocycles. The van der Waals surface area contributed by atoms with Gasteiger partial charge in [0.25, 0.3) is 5.91 Å². The van der Waals surface area contributed by atoms with Crippen molar-refractivity contribution >= 4 is 29.2 Å². The standard InChI is InChI=1S/C20H19F3N4OS/c1-12-5-4-6-14(9-12)26(3)18(28)19-27(7-8-29-19)17-15(11-24)16(20(21,22)23)10-13(2)25-17/h4-6,9-10,19H,7-8H2,1-3H3/t19-/m1/s1. The Kier molecular flexibility index (Phi) is 5.75. The van der Waals surface area contributed by atoms with Crippen molar-refractivity contribution in [2.24, 2.45) is 0 Å². The monoisotopic (exact) mass is 420 g/mol. The van der Waals surface area contributed by atoms with E-state index in [0.717, 1.165) is 11.6 Å². The Hall–Kier alpha value is -2.73. The van der Waals surface area contributed by atoms with Crippen LogP contribution in [0.3, 0.4) is 0 Å². The van der Waals surface area contributed by atoms with Crippen molar-refractivity contribution in [1.82, 2.24) is 4.98 Å². The molecule has 152 valence electrons. The Morgan fingerprint density at radius 2 is 2.07 bits per heavy atom. The molecule has 1 amide bonds. The molecule has 1 saturated heterocycles. The van der Waals surface area contributed by atoms with Gasteiger partial charge >= 0.3 is 6.18 Å². The van der Waals surface area contributed by atoms with Crippen LogP contribution in [0, 0.1) is 25.2 Å². The maximum absolute atomic E-state index is 13.4. The summed E-state index contributed by atoms with van der Waals surface area (Å²) in [6.45, 7) is 3.68. The van der Waals surface area contributed by atoms with E-state index in [1.54, 1.807) is 19.2 Å². The van der Waals surface area contributed by atoms with Gasteiger partial charge in [-0.05, 0) is 37.6 Å². The summed E-state index contributed by atoms with van der Waals surface area (Å²) >= 11 is 1.32. The number of benzene rings is 1. The van der Waals surface area contributed by atoms with E-state index in [1.165, 1.54) is 28.5 Å². The lowest BCUT2D eigenvalue weighted by Gasteiger charge is -2.29. The lowest BCUT2D eigenvalue weighted by Crippen LogP contribution is -2.44. The largest absolute Gasteiger partial charge is 0.417 e. The number of aromatic nitrogens is 1. The minimum Gasteiger partial charge on any atom is -0.334 e. The van der Waals surface area contributed by atoms with Crippen LogP contribution in [0.15, 0.2) is 30.3 Å². The van der Waals surface area contributed by atoms with E-state index in [2.05, 4.69) is 4.98 Å². The highest BCUT2D eigenvalue weighted by Gasteiger charge is 2.40. The van der Waals surface area contributed by atoms with Gasteiger partial charge in [-0.3, -0.25) is 4.79 Å². The smallest absolute Gasteiger partial charge is 0.334 e. The molecule has 1 atom stereocenters. The van der Waals surface area contributed by atoms with Crippen LogP contribution < -0.4 is 9.80 Å². The summed E-state index contributed by atoms with van der Waals surface area (Å²) in [4.78, 5) is 20.3. The Morgan fingerprint density at radius 1 is 1.34 bits per heavy atom. The van der Waals surface area contributed by atoms with E-state index in [-0.39, 0.29) is 17.4 Å². The predicted molar refractivity (Wildman–Crippen MR) is 107 cm³/mol. The number of amides is 1. The van der Waals surface area contributed by atoms with Crippen molar-refractivity contribution < 1.29 is 18.0 Å². The topological polar surface area (TPSA) is 60.2 Å². The van der Waals surface area contributed by atoms with Crippen LogP contribution in [0.4, 0.5) is 24.7 Å². The minimum atomic E-state index is -4.68. The van der Waals surface area contributed by atoms with Crippen LogP contribution >= 0.6 is 11.8 Å². The molecule has 0 spiro atoms. The van der Waals surface area contributed by atoms with E-state index in [0.29, 0.717) is 18.0 Å². The van der Waals surface area contributed by atoms with E-state index < -0.39 is 22.7 Å². The fraction of sp³-hybridized carbons (Fsp3) is 0.350. The van der Waals surface area contributed by atoms with Crippen LogP contribution in [0.2, 0.25) is 0 Å². The van der Waals surface area contributed by atoms with Crippen molar-refractivity contribution in [3.63, 3.8) is 0 Å². The molecule has 1 aromatic heterocycles. The number of thioether (sulfide) groups is 1. The maximum atomic E-state index is 13.4. The summed E-state index contributed by atoms with van der Waals surface area (Å²) in [5, 5.41) is 8.68. The summed E-state index contributed by atoms with van der Waals surface area (Å²) in [6.07, 6.45) is -4.68. The third-order valence-corrected chi connectivity index (χ3v) is 5.83. The van der Waals surface area contributed by atoms with Gasteiger partial charge in [-0.25, -0.2) is 4.98 Å². The zero-order valence-electron chi connectivity index (χ0n) is 16.1. The maximum Gasteiger partial charge on any atom is 0.417 e. The third kappa shape index (κ3) is 4.17. The molecule has 9 heteroatoms. The number of likely N-dealkylation sites (N-methyl/N-ethyl adjacent to an activating group) is 1. The van der Waals surface area contributed by atoms with Crippen molar-refractivity contribution in [2.75, 3.05) is 29.1 Å². The quantitative estimate of drug-likeness (QED) is 0.747. The highest BCUT2D eigenvalue weighted by atomic mass is 32.2. The number of carbonyl (C=O) groups is 1. The number of halogens is 3. The summed E-state index contributed by atoms with van der Waals surface area (Å²) < 4.78 is 40.3. The van der Waals surface area contributed by atoms with Gasteiger partial charge in [0.15, 0.2) is 5.37 Å². The lowest BCUT2D eigenvalue weighted by atomic mass is 10.1.